The number of benzene rings is 1. The first-order valence-electron chi connectivity index (χ1n) is 6.35. The zero-order valence-electron chi connectivity index (χ0n) is 11.3. The second-order valence-corrected chi connectivity index (χ2v) is 5.35. The van der Waals surface area contributed by atoms with Gasteiger partial charge in [0, 0.05) is 29.7 Å². The molecule has 102 valence electrons. The van der Waals surface area contributed by atoms with Crippen molar-refractivity contribution in [2.45, 2.75) is 38.9 Å². The van der Waals surface area contributed by atoms with E-state index in [-0.39, 0.29) is 18.7 Å². The number of nitrogens with two attached hydrogens (primary N) is 1. The number of rotatable bonds is 6. The van der Waals surface area contributed by atoms with E-state index in [4.69, 9.17) is 17.3 Å². The second kappa shape index (κ2) is 7.10. The Balaban J connectivity index is 3.03. The lowest BCUT2D eigenvalue weighted by molar-refractivity contribution is 0.105. The zero-order chi connectivity index (χ0) is 13.7. The zero-order valence-corrected chi connectivity index (χ0v) is 12.1. The molecule has 1 aromatic rings. The highest BCUT2D eigenvalue weighted by Crippen LogP contribution is 2.26. The van der Waals surface area contributed by atoms with Crippen LogP contribution in [0.4, 0.5) is 0 Å². The van der Waals surface area contributed by atoms with Crippen LogP contribution in [-0.4, -0.2) is 35.2 Å². The summed E-state index contributed by atoms with van der Waals surface area (Å²) in [5, 5.41) is 9.93. The first-order valence-corrected chi connectivity index (χ1v) is 6.72. The first-order chi connectivity index (χ1) is 8.47. The van der Waals surface area contributed by atoms with Crippen molar-refractivity contribution < 1.29 is 5.11 Å². The molecule has 0 saturated carbocycles. The number of halogens is 1. The van der Waals surface area contributed by atoms with Crippen LogP contribution < -0.4 is 5.73 Å². The van der Waals surface area contributed by atoms with E-state index in [0.29, 0.717) is 12.6 Å². The molecule has 3 N–H and O–H groups in total. The van der Waals surface area contributed by atoms with Crippen LogP contribution >= 0.6 is 11.6 Å². The third kappa shape index (κ3) is 3.95. The quantitative estimate of drug-likeness (QED) is 0.835. The number of nitrogens with zero attached hydrogens (tertiary/aromatic N) is 1. The van der Waals surface area contributed by atoms with Gasteiger partial charge in [-0.1, -0.05) is 23.7 Å². The average Bonchev–Trinajstić information content (AvgIpc) is 2.30. The molecular weight excluding hydrogens is 248 g/mol. The van der Waals surface area contributed by atoms with Gasteiger partial charge in [0.15, 0.2) is 0 Å². The SMILES string of the molecule is CC(N)C(c1ccc(Cl)cc1)N(CCO)C(C)C. The van der Waals surface area contributed by atoms with Gasteiger partial charge < -0.3 is 10.8 Å². The van der Waals surface area contributed by atoms with Gasteiger partial charge in [0.1, 0.15) is 0 Å². The Labute approximate surface area is 115 Å². The summed E-state index contributed by atoms with van der Waals surface area (Å²) >= 11 is 5.91. The second-order valence-electron chi connectivity index (χ2n) is 4.91. The molecule has 0 radical (unpaired) electrons. The Hall–Kier alpha value is -0.610. The highest BCUT2D eigenvalue weighted by Gasteiger charge is 2.25. The summed E-state index contributed by atoms with van der Waals surface area (Å²) in [6, 6.07) is 8.16. The number of hydrogen-bond donors (Lipinski definition) is 2. The lowest BCUT2D eigenvalue weighted by Crippen LogP contribution is -2.44. The van der Waals surface area contributed by atoms with Gasteiger partial charge in [-0.25, -0.2) is 0 Å². The lowest BCUT2D eigenvalue weighted by Gasteiger charge is -2.37. The molecule has 4 heteroatoms. The van der Waals surface area contributed by atoms with Gasteiger partial charge >= 0.3 is 0 Å². The molecule has 1 aromatic carbocycles. The van der Waals surface area contributed by atoms with Gasteiger partial charge in [-0.05, 0) is 38.5 Å². The molecule has 2 unspecified atom stereocenters. The van der Waals surface area contributed by atoms with Crippen molar-refractivity contribution in [3.63, 3.8) is 0 Å². The Morgan fingerprint density at radius 2 is 1.78 bits per heavy atom. The van der Waals surface area contributed by atoms with E-state index in [1.807, 2.05) is 31.2 Å². The molecule has 0 spiro atoms. The average molecular weight is 271 g/mol. The van der Waals surface area contributed by atoms with Crippen LogP contribution in [0.15, 0.2) is 24.3 Å². The normalized spacial score (nSPS) is 15.1. The third-order valence-corrected chi connectivity index (χ3v) is 3.34. The van der Waals surface area contributed by atoms with Crippen molar-refractivity contribution in [2.24, 2.45) is 5.73 Å². The lowest BCUT2D eigenvalue weighted by atomic mass is 9.98. The van der Waals surface area contributed by atoms with Crippen LogP contribution in [0.3, 0.4) is 0 Å². The summed E-state index contributed by atoms with van der Waals surface area (Å²) in [4.78, 5) is 2.22. The van der Waals surface area contributed by atoms with Crippen molar-refractivity contribution >= 4 is 11.6 Å². The highest BCUT2D eigenvalue weighted by atomic mass is 35.5. The van der Waals surface area contributed by atoms with Crippen molar-refractivity contribution in [3.05, 3.63) is 34.9 Å². The van der Waals surface area contributed by atoms with E-state index in [1.54, 1.807) is 0 Å². The molecule has 0 aliphatic rings. The van der Waals surface area contributed by atoms with Gasteiger partial charge in [-0.2, -0.15) is 0 Å². The maximum absolute atomic E-state index is 9.20. The van der Waals surface area contributed by atoms with Gasteiger partial charge in [-0.3, -0.25) is 4.90 Å². The van der Waals surface area contributed by atoms with Crippen molar-refractivity contribution in [3.8, 4) is 0 Å². The van der Waals surface area contributed by atoms with Crippen molar-refractivity contribution in [1.82, 2.24) is 4.90 Å². The van der Waals surface area contributed by atoms with E-state index in [9.17, 15) is 5.11 Å². The Bertz CT molecular complexity index is 351. The largest absolute Gasteiger partial charge is 0.395 e. The summed E-state index contributed by atoms with van der Waals surface area (Å²) < 4.78 is 0. The maximum Gasteiger partial charge on any atom is 0.0558 e. The van der Waals surface area contributed by atoms with Crippen LogP contribution in [0.25, 0.3) is 0 Å². The smallest absolute Gasteiger partial charge is 0.0558 e. The summed E-state index contributed by atoms with van der Waals surface area (Å²) in [5.41, 5.74) is 7.26. The number of aliphatic hydroxyl groups excluding tert-OH is 1. The maximum atomic E-state index is 9.20. The van der Waals surface area contributed by atoms with Crippen molar-refractivity contribution in [1.29, 1.82) is 0 Å². The van der Waals surface area contributed by atoms with E-state index in [1.165, 1.54) is 0 Å². The van der Waals surface area contributed by atoms with Gasteiger partial charge in [0.25, 0.3) is 0 Å². The Morgan fingerprint density at radius 3 is 2.17 bits per heavy atom. The summed E-state index contributed by atoms with van der Waals surface area (Å²) in [6.07, 6.45) is 0. The molecule has 0 bridgehead atoms. The monoisotopic (exact) mass is 270 g/mol. The minimum absolute atomic E-state index is 0.0138. The number of hydrogen-bond acceptors (Lipinski definition) is 3. The summed E-state index contributed by atoms with van der Waals surface area (Å²) in [7, 11) is 0. The molecule has 0 saturated heterocycles. The molecule has 0 heterocycles. The first kappa shape index (κ1) is 15.4. The van der Waals surface area contributed by atoms with Gasteiger partial charge in [-0.15, -0.1) is 0 Å². The van der Waals surface area contributed by atoms with Crippen LogP contribution in [0, 0.1) is 0 Å². The van der Waals surface area contributed by atoms with Gasteiger partial charge in [0.05, 0.1) is 6.61 Å². The number of aliphatic hydroxyl groups is 1. The summed E-state index contributed by atoms with van der Waals surface area (Å²) in [5.74, 6) is 0. The molecule has 0 amide bonds. The Morgan fingerprint density at radius 1 is 1.22 bits per heavy atom. The fourth-order valence-corrected chi connectivity index (χ4v) is 2.42. The summed E-state index contributed by atoms with van der Waals surface area (Å²) in [6.45, 7) is 6.97. The Kier molecular flexibility index (Phi) is 6.09. The van der Waals surface area contributed by atoms with E-state index >= 15 is 0 Å². The molecular formula is C14H23ClN2O. The van der Waals surface area contributed by atoms with E-state index < -0.39 is 0 Å². The molecule has 1 rings (SSSR count). The van der Waals surface area contributed by atoms with E-state index in [2.05, 4.69) is 18.7 Å². The molecule has 0 aromatic heterocycles. The fourth-order valence-electron chi connectivity index (χ4n) is 2.29. The van der Waals surface area contributed by atoms with Gasteiger partial charge in [0.2, 0.25) is 0 Å². The third-order valence-electron chi connectivity index (χ3n) is 3.09. The predicted molar refractivity (Wildman–Crippen MR) is 76.8 cm³/mol. The van der Waals surface area contributed by atoms with Crippen LogP contribution in [0.1, 0.15) is 32.4 Å². The highest BCUT2D eigenvalue weighted by molar-refractivity contribution is 6.30. The van der Waals surface area contributed by atoms with Crippen LogP contribution in [0.2, 0.25) is 5.02 Å². The fraction of sp³-hybridized carbons (Fsp3) is 0.571. The minimum atomic E-state index is -0.0138. The van der Waals surface area contributed by atoms with Crippen LogP contribution in [-0.2, 0) is 0 Å². The molecule has 2 atom stereocenters. The molecule has 0 fully saturated rings. The molecule has 0 aliphatic heterocycles. The minimum Gasteiger partial charge on any atom is -0.395 e. The standard InChI is InChI=1S/C14H23ClN2O/c1-10(2)17(8-9-18)14(11(3)16)12-4-6-13(15)7-5-12/h4-7,10-11,14,18H,8-9,16H2,1-3H3. The van der Waals surface area contributed by atoms with E-state index in [0.717, 1.165) is 10.6 Å². The molecule has 0 aliphatic carbocycles. The molecule has 18 heavy (non-hydrogen) atoms. The predicted octanol–water partition coefficient (Wildman–Crippen LogP) is 2.43. The molecule has 3 nitrogen and oxygen atoms in total. The van der Waals surface area contributed by atoms with Crippen LogP contribution in [0.5, 0.6) is 0 Å². The van der Waals surface area contributed by atoms with Crippen molar-refractivity contribution in [2.75, 3.05) is 13.2 Å². The topological polar surface area (TPSA) is 49.5 Å².